The lowest BCUT2D eigenvalue weighted by molar-refractivity contribution is -0.144. The third-order valence-electron chi connectivity index (χ3n) is 4.91. The van der Waals surface area contributed by atoms with Crippen LogP contribution in [0.15, 0.2) is 0 Å². The molecule has 1 N–H and O–H groups in total. The van der Waals surface area contributed by atoms with Crippen LogP contribution < -0.4 is 0 Å². The van der Waals surface area contributed by atoms with E-state index < -0.39 is 5.97 Å². The molecule has 4 heteroatoms. The van der Waals surface area contributed by atoms with Crippen LogP contribution >= 0.6 is 0 Å². The first kappa shape index (κ1) is 29.1. The van der Waals surface area contributed by atoms with Crippen molar-refractivity contribution in [2.75, 3.05) is 6.61 Å². The Balaban J connectivity index is 0. The molecule has 1 atom stereocenters. The molecule has 0 radical (unpaired) electrons. The largest absolute Gasteiger partial charge is 0.481 e. The number of hydrogen-bond donors (Lipinski definition) is 1. The normalized spacial score (nSPS) is 11.4. The van der Waals surface area contributed by atoms with Crippen LogP contribution in [0.25, 0.3) is 0 Å². The summed E-state index contributed by atoms with van der Waals surface area (Å²) in [4.78, 5) is 22.0. The summed E-state index contributed by atoms with van der Waals surface area (Å²) in [5, 5.41) is 8.96. The quantitative estimate of drug-likeness (QED) is 0.191. The van der Waals surface area contributed by atoms with E-state index in [1.54, 1.807) is 0 Å². The predicted molar refractivity (Wildman–Crippen MR) is 119 cm³/mol. The Morgan fingerprint density at radius 1 is 0.679 bits per heavy atom. The van der Waals surface area contributed by atoms with Gasteiger partial charge >= 0.3 is 11.9 Å². The van der Waals surface area contributed by atoms with E-state index in [1.807, 2.05) is 0 Å². The SMILES string of the molecule is CCCCCCC(CCCC)C(=O)O.CCCCCCCC(=O)OCCCC. The summed E-state index contributed by atoms with van der Waals surface area (Å²) >= 11 is 0. The predicted octanol–water partition coefficient (Wildman–Crippen LogP) is 7.54. The molecule has 0 aliphatic rings. The minimum atomic E-state index is -0.602. The van der Waals surface area contributed by atoms with Gasteiger partial charge in [-0.25, -0.2) is 0 Å². The van der Waals surface area contributed by atoms with E-state index in [1.165, 1.54) is 38.5 Å². The summed E-state index contributed by atoms with van der Waals surface area (Å²) in [7, 11) is 0. The van der Waals surface area contributed by atoms with E-state index in [0.29, 0.717) is 13.0 Å². The number of hydrogen-bond acceptors (Lipinski definition) is 3. The first-order valence-electron chi connectivity index (χ1n) is 11.9. The van der Waals surface area contributed by atoms with Gasteiger partial charge in [-0.15, -0.1) is 0 Å². The Hall–Kier alpha value is -1.06. The van der Waals surface area contributed by atoms with E-state index in [2.05, 4.69) is 27.7 Å². The molecule has 0 saturated heterocycles. The maximum absolute atomic E-state index is 11.1. The topological polar surface area (TPSA) is 63.6 Å². The first-order chi connectivity index (χ1) is 13.5. The molecule has 0 aliphatic heterocycles. The van der Waals surface area contributed by atoms with Gasteiger partial charge in [0, 0.05) is 6.42 Å². The number of carboxylic acids is 1. The van der Waals surface area contributed by atoms with Gasteiger partial charge in [-0.1, -0.05) is 98.3 Å². The summed E-state index contributed by atoms with van der Waals surface area (Å²) in [6.07, 6.45) is 17.2. The Bertz CT molecular complexity index is 339. The number of ether oxygens (including phenoxy) is 1. The van der Waals surface area contributed by atoms with Gasteiger partial charge in [-0.05, 0) is 25.7 Å². The van der Waals surface area contributed by atoms with Crippen molar-refractivity contribution in [2.45, 2.75) is 130 Å². The van der Waals surface area contributed by atoms with Gasteiger partial charge in [0.15, 0.2) is 0 Å². The number of carbonyl (C=O) groups is 2. The van der Waals surface area contributed by atoms with Crippen LogP contribution in [0.5, 0.6) is 0 Å². The van der Waals surface area contributed by atoms with Gasteiger partial charge in [0.25, 0.3) is 0 Å². The van der Waals surface area contributed by atoms with Crippen molar-refractivity contribution >= 4 is 11.9 Å². The van der Waals surface area contributed by atoms with Gasteiger partial charge in [0.1, 0.15) is 0 Å². The maximum atomic E-state index is 11.1. The van der Waals surface area contributed by atoms with Crippen molar-refractivity contribution < 1.29 is 19.4 Å². The molecule has 0 aromatic heterocycles. The van der Waals surface area contributed by atoms with Crippen LogP contribution in [0.1, 0.15) is 130 Å². The van der Waals surface area contributed by atoms with Crippen molar-refractivity contribution in [1.82, 2.24) is 0 Å². The Kier molecular flexibility index (Phi) is 25.0. The van der Waals surface area contributed by atoms with Crippen molar-refractivity contribution in [3.63, 3.8) is 0 Å². The fourth-order valence-corrected chi connectivity index (χ4v) is 2.93. The highest BCUT2D eigenvalue weighted by Gasteiger charge is 2.15. The second kappa shape index (κ2) is 24.0. The minimum absolute atomic E-state index is 0.0186. The molecule has 168 valence electrons. The van der Waals surface area contributed by atoms with Crippen LogP contribution in [-0.2, 0) is 14.3 Å². The Morgan fingerprint density at radius 3 is 1.71 bits per heavy atom. The van der Waals surface area contributed by atoms with Gasteiger partial charge in [0.2, 0.25) is 0 Å². The minimum Gasteiger partial charge on any atom is -0.481 e. The molecule has 0 heterocycles. The highest BCUT2D eigenvalue weighted by atomic mass is 16.5. The lowest BCUT2D eigenvalue weighted by atomic mass is 9.95. The summed E-state index contributed by atoms with van der Waals surface area (Å²) < 4.78 is 5.05. The highest BCUT2D eigenvalue weighted by Crippen LogP contribution is 2.17. The molecular weight excluding hydrogens is 352 g/mol. The van der Waals surface area contributed by atoms with Crippen molar-refractivity contribution in [3.05, 3.63) is 0 Å². The number of unbranched alkanes of at least 4 members (excludes halogenated alkanes) is 9. The second-order valence-electron chi connectivity index (χ2n) is 7.76. The molecule has 0 bridgehead atoms. The molecule has 0 rings (SSSR count). The van der Waals surface area contributed by atoms with Gasteiger partial charge in [0.05, 0.1) is 12.5 Å². The smallest absolute Gasteiger partial charge is 0.306 e. The average Bonchev–Trinajstić information content (AvgIpc) is 2.67. The van der Waals surface area contributed by atoms with E-state index >= 15 is 0 Å². The zero-order chi connectivity index (χ0) is 21.5. The molecule has 1 unspecified atom stereocenters. The molecule has 0 spiro atoms. The monoisotopic (exact) mass is 400 g/mol. The summed E-state index contributed by atoms with van der Waals surface area (Å²) in [5.74, 6) is -0.711. The number of esters is 1. The molecule has 0 aliphatic carbocycles. The van der Waals surface area contributed by atoms with E-state index in [4.69, 9.17) is 9.84 Å². The summed E-state index contributed by atoms with van der Waals surface area (Å²) in [6, 6.07) is 0. The lowest BCUT2D eigenvalue weighted by Crippen LogP contribution is -2.13. The zero-order valence-electron chi connectivity index (χ0n) is 19.3. The number of carbonyl (C=O) groups excluding carboxylic acids is 1. The lowest BCUT2D eigenvalue weighted by Gasteiger charge is -2.10. The third-order valence-corrected chi connectivity index (χ3v) is 4.91. The zero-order valence-corrected chi connectivity index (χ0v) is 19.3. The molecule has 0 aromatic carbocycles. The fourth-order valence-electron chi connectivity index (χ4n) is 2.93. The summed E-state index contributed by atoms with van der Waals surface area (Å²) in [6.45, 7) is 9.17. The number of rotatable bonds is 18. The van der Waals surface area contributed by atoms with Crippen molar-refractivity contribution in [3.8, 4) is 0 Å². The van der Waals surface area contributed by atoms with Gasteiger partial charge < -0.3 is 9.84 Å². The third kappa shape index (κ3) is 23.0. The average molecular weight is 401 g/mol. The van der Waals surface area contributed by atoms with Crippen molar-refractivity contribution in [1.29, 1.82) is 0 Å². The molecule has 0 amide bonds. The first-order valence-corrected chi connectivity index (χ1v) is 11.9. The summed E-state index contributed by atoms with van der Waals surface area (Å²) in [5.41, 5.74) is 0. The van der Waals surface area contributed by atoms with E-state index in [-0.39, 0.29) is 11.9 Å². The van der Waals surface area contributed by atoms with E-state index in [0.717, 1.165) is 57.8 Å². The van der Waals surface area contributed by atoms with Crippen LogP contribution in [0.4, 0.5) is 0 Å². The molecular formula is C24H48O4. The maximum Gasteiger partial charge on any atom is 0.306 e. The van der Waals surface area contributed by atoms with Crippen LogP contribution in [-0.4, -0.2) is 23.7 Å². The van der Waals surface area contributed by atoms with E-state index in [9.17, 15) is 9.59 Å². The van der Waals surface area contributed by atoms with Crippen molar-refractivity contribution in [2.24, 2.45) is 5.92 Å². The van der Waals surface area contributed by atoms with Gasteiger partial charge in [-0.3, -0.25) is 9.59 Å². The Labute approximate surface area is 174 Å². The molecule has 0 saturated carbocycles. The number of carboxylic acid groups (broad SMARTS) is 1. The molecule has 28 heavy (non-hydrogen) atoms. The van der Waals surface area contributed by atoms with Crippen LogP contribution in [0.3, 0.4) is 0 Å². The van der Waals surface area contributed by atoms with Crippen LogP contribution in [0.2, 0.25) is 0 Å². The molecule has 4 nitrogen and oxygen atoms in total. The number of aliphatic carboxylic acids is 1. The Morgan fingerprint density at radius 2 is 1.18 bits per heavy atom. The molecule has 0 fully saturated rings. The second-order valence-corrected chi connectivity index (χ2v) is 7.76. The molecule has 0 aromatic rings. The van der Waals surface area contributed by atoms with Gasteiger partial charge in [-0.2, -0.15) is 0 Å². The fraction of sp³-hybridized carbons (Fsp3) is 0.917. The van der Waals surface area contributed by atoms with Crippen LogP contribution in [0, 0.1) is 5.92 Å². The highest BCUT2D eigenvalue weighted by molar-refractivity contribution is 5.69. The standard InChI is InChI=1S/2C12H24O2/c1-3-5-7-8-9-10-12(13)14-11-6-4-2;1-3-5-7-8-10-11(12(13)14)9-6-4-2/h3-11H2,1-2H3;11H,3-10H2,1-2H3,(H,13,14).